The molecule has 0 unspecified atom stereocenters. The number of hydrogen-bond donors (Lipinski definition) is 2. The number of nitrogens with one attached hydrogen (secondary N) is 2. The van der Waals surface area contributed by atoms with E-state index in [9.17, 15) is 0 Å². The van der Waals surface area contributed by atoms with Crippen molar-refractivity contribution in [3.8, 4) is 0 Å². The molecule has 0 aliphatic rings. The Bertz CT molecular complexity index is 143. The normalized spacial score (nSPS) is 7.60. The molecule has 10 heavy (non-hydrogen) atoms. The van der Waals surface area contributed by atoms with Gasteiger partial charge in [-0.1, -0.05) is 0 Å². The summed E-state index contributed by atoms with van der Waals surface area (Å²) in [4.78, 5) is 7.15. The van der Waals surface area contributed by atoms with Gasteiger partial charge in [-0.05, 0) is 12.8 Å². The Morgan fingerprint density at radius 1 is 0.900 bits per heavy atom. The van der Waals surface area contributed by atoms with Crippen molar-refractivity contribution in [3.05, 3.63) is 0 Å². The molecular weight excluding hydrogens is 128 g/mol. The van der Waals surface area contributed by atoms with Crippen LogP contribution in [0.25, 0.3) is 0 Å². The smallest absolute Gasteiger partial charge is 0.0861 e. The summed E-state index contributed by atoms with van der Waals surface area (Å²) in [5.41, 5.74) is 0. The van der Waals surface area contributed by atoms with Gasteiger partial charge >= 0.3 is 0 Å². The molecule has 0 atom stereocenters. The van der Waals surface area contributed by atoms with E-state index < -0.39 is 0 Å². The Balaban J connectivity index is 3.04. The fourth-order valence-corrected chi connectivity index (χ4v) is 0.494. The molecule has 0 saturated heterocycles. The van der Waals surface area contributed by atoms with Crippen molar-refractivity contribution in [2.24, 2.45) is 9.98 Å². The molecule has 0 spiro atoms. The molecule has 0 heterocycles. The molecule has 0 fully saturated rings. The van der Waals surface area contributed by atoms with Gasteiger partial charge in [0.25, 0.3) is 0 Å². The molecule has 54 valence electrons. The van der Waals surface area contributed by atoms with Gasteiger partial charge in [0.1, 0.15) is 0 Å². The van der Waals surface area contributed by atoms with Crippen LogP contribution in [0, 0.1) is 10.8 Å². The Labute approximate surface area is 59.7 Å². The summed E-state index contributed by atoms with van der Waals surface area (Å²) in [5.74, 6) is 0. The Morgan fingerprint density at radius 3 is 1.60 bits per heavy atom. The molecular formula is C6H10N4. The largest absolute Gasteiger partial charge is 0.242 e. The van der Waals surface area contributed by atoms with E-state index in [2.05, 4.69) is 9.98 Å². The Kier molecular flexibility index (Phi) is 6.80. The van der Waals surface area contributed by atoms with Crippen LogP contribution in [0.1, 0.15) is 12.8 Å². The lowest BCUT2D eigenvalue weighted by Crippen LogP contribution is -1.84. The number of aliphatic imine (C=N–C) groups is 2. The van der Waals surface area contributed by atoms with E-state index in [0.29, 0.717) is 13.1 Å². The summed E-state index contributed by atoms with van der Waals surface area (Å²) < 4.78 is 0. The summed E-state index contributed by atoms with van der Waals surface area (Å²) >= 11 is 0. The maximum atomic E-state index is 6.44. The monoisotopic (exact) mass is 138 g/mol. The minimum Gasteiger partial charge on any atom is -0.242 e. The number of hydrogen-bond acceptors (Lipinski definition) is 4. The first kappa shape index (κ1) is 8.76. The third kappa shape index (κ3) is 6.76. The van der Waals surface area contributed by atoms with Crippen LogP contribution in [-0.2, 0) is 0 Å². The van der Waals surface area contributed by atoms with Crippen molar-refractivity contribution < 1.29 is 0 Å². The first-order valence-corrected chi connectivity index (χ1v) is 3.08. The van der Waals surface area contributed by atoms with Crippen LogP contribution in [0.2, 0.25) is 0 Å². The predicted octanol–water partition coefficient (Wildman–Crippen LogP) is 1.27. The molecule has 0 rings (SSSR count). The van der Waals surface area contributed by atoms with Crippen molar-refractivity contribution in [1.29, 1.82) is 10.8 Å². The standard InChI is InChI=1S/C6H10N4/c7-5-9-3-1-2-4-10-6-8/h7-8H,1-4H2. The second-order valence-corrected chi connectivity index (χ2v) is 1.69. The molecule has 0 aromatic heterocycles. The second-order valence-electron chi connectivity index (χ2n) is 1.69. The van der Waals surface area contributed by atoms with Gasteiger partial charge in [-0.25, -0.2) is 20.8 Å². The first-order chi connectivity index (χ1) is 4.91. The Hall–Kier alpha value is -1.24. The molecule has 4 heteroatoms. The molecule has 0 aromatic carbocycles. The summed E-state index contributed by atoms with van der Waals surface area (Å²) in [6.45, 7) is 1.27. The van der Waals surface area contributed by atoms with Gasteiger partial charge < -0.3 is 0 Å². The number of rotatable bonds is 5. The van der Waals surface area contributed by atoms with Crippen molar-refractivity contribution in [3.63, 3.8) is 0 Å². The summed E-state index contributed by atoms with van der Waals surface area (Å²) in [5, 5.41) is 12.9. The highest BCUT2D eigenvalue weighted by molar-refractivity contribution is 5.35. The molecule has 0 aromatic rings. The van der Waals surface area contributed by atoms with Gasteiger partial charge in [0, 0.05) is 13.1 Å². The van der Waals surface area contributed by atoms with E-state index in [1.165, 1.54) is 0 Å². The van der Waals surface area contributed by atoms with Crippen LogP contribution in [0.15, 0.2) is 9.98 Å². The van der Waals surface area contributed by atoms with Crippen molar-refractivity contribution in [2.45, 2.75) is 12.8 Å². The zero-order valence-electron chi connectivity index (χ0n) is 5.72. The van der Waals surface area contributed by atoms with Crippen molar-refractivity contribution in [1.82, 2.24) is 0 Å². The van der Waals surface area contributed by atoms with E-state index >= 15 is 0 Å². The minimum atomic E-state index is 0.636. The Morgan fingerprint density at radius 2 is 1.30 bits per heavy atom. The molecule has 0 amide bonds. The van der Waals surface area contributed by atoms with E-state index in [1.807, 2.05) is 12.0 Å². The number of unbranched alkanes of at least 4 members (excludes halogenated alkanes) is 1. The van der Waals surface area contributed by atoms with Crippen LogP contribution >= 0.6 is 0 Å². The highest BCUT2D eigenvalue weighted by Crippen LogP contribution is 1.88. The zero-order chi connectivity index (χ0) is 7.66. The summed E-state index contributed by atoms with van der Waals surface area (Å²) in [6.07, 6.45) is 1.80. The molecule has 0 radical (unpaired) electrons. The van der Waals surface area contributed by atoms with Gasteiger partial charge in [0.2, 0.25) is 0 Å². The molecule has 0 saturated carbocycles. The van der Waals surface area contributed by atoms with Gasteiger partial charge in [0.15, 0.2) is 0 Å². The van der Waals surface area contributed by atoms with Crippen LogP contribution in [0.5, 0.6) is 0 Å². The average molecular weight is 138 g/mol. The zero-order valence-corrected chi connectivity index (χ0v) is 5.72. The lowest BCUT2D eigenvalue weighted by atomic mass is 10.3. The molecule has 0 bridgehead atoms. The molecule has 0 aliphatic heterocycles. The summed E-state index contributed by atoms with van der Waals surface area (Å²) in [6, 6.07) is 3.90. The first-order valence-electron chi connectivity index (χ1n) is 3.08. The quantitative estimate of drug-likeness (QED) is 0.424. The summed E-state index contributed by atoms with van der Waals surface area (Å²) in [7, 11) is 0. The van der Waals surface area contributed by atoms with Gasteiger partial charge in [-0.15, -0.1) is 0 Å². The van der Waals surface area contributed by atoms with Gasteiger partial charge in [0.05, 0.1) is 12.0 Å². The third-order valence-electron chi connectivity index (χ3n) is 0.948. The van der Waals surface area contributed by atoms with Crippen LogP contribution in [-0.4, -0.2) is 25.1 Å². The van der Waals surface area contributed by atoms with Crippen molar-refractivity contribution >= 4 is 12.0 Å². The highest BCUT2D eigenvalue weighted by atomic mass is 14.7. The van der Waals surface area contributed by atoms with E-state index in [0.717, 1.165) is 12.8 Å². The molecule has 2 N–H and O–H groups in total. The molecule has 4 nitrogen and oxygen atoms in total. The topological polar surface area (TPSA) is 72.4 Å². The highest BCUT2D eigenvalue weighted by Gasteiger charge is 1.82. The lowest BCUT2D eigenvalue weighted by molar-refractivity contribution is 0.759. The van der Waals surface area contributed by atoms with Crippen LogP contribution in [0.4, 0.5) is 0 Å². The van der Waals surface area contributed by atoms with Crippen LogP contribution in [0.3, 0.4) is 0 Å². The second kappa shape index (κ2) is 7.76. The average Bonchev–Trinajstić information content (AvgIpc) is 1.97. The van der Waals surface area contributed by atoms with E-state index in [4.69, 9.17) is 10.8 Å². The van der Waals surface area contributed by atoms with Gasteiger partial charge in [-0.2, -0.15) is 0 Å². The van der Waals surface area contributed by atoms with Crippen molar-refractivity contribution in [2.75, 3.05) is 13.1 Å². The fourth-order valence-electron chi connectivity index (χ4n) is 0.494. The van der Waals surface area contributed by atoms with Gasteiger partial charge in [-0.3, -0.25) is 0 Å². The van der Waals surface area contributed by atoms with E-state index in [-0.39, 0.29) is 0 Å². The van der Waals surface area contributed by atoms with E-state index in [1.54, 1.807) is 0 Å². The lowest BCUT2D eigenvalue weighted by Gasteiger charge is -1.87. The SMILES string of the molecule is N=C=NCCCCN=C=N. The third-order valence-corrected chi connectivity index (χ3v) is 0.948. The minimum absolute atomic E-state index is 0.636. The maximum Gasteiger partial charge on any atom is 0.0861 e. The maximum absolute atomic E-state index is 6.44. The number of nitrogens with zero attached hydrogens (tertiary/aromatic N) is 2. The molecule has 0 aliphatic carbocycles. The van der Waals surface area contributed by atoms with Crippen LogP contribution < -0.4 is 0 Å². The predicted molar refractivity (Wildman–Crippen MR) is 39.3 cm³/mol. The fraction of sp³-hybridized carbons (Fsp3) is 0.667.